The molecule has 0 saturated carbocycles. The molecular formula is C22H18BrIN4O2. The molecule has 152 valence electrons. The van der Waals surface area contributed by atoms with Gasteiger partial charge in [-0.15, -0.1) is 0 Å². The molecule has 0 fully saturated rings. The number of nitrogens with one attached hydrogen (secondary N) is 1. The summed E-state index contributed by atoms with van der Waals surface area (Å²) < 4.78 is 9.63. The molecule has 0 atom stereocenters. The summed E-state index contributed by atoms with van der Waals surface area (Å²) in [5.74, 6) is 0.674. The van der Waals surface area contributed by atoms with Crippen molar-refractivity contribution in [2.24, 2.45) is 5.10 Å². The molecule has 0 aliphatic carbocycles. The van der Waals surface area contributed by atoms with E-state index in [1.54, 1.807) is 18.5 Å². The maximum absolute atomic E-state index is 12.5. The number of amides is 1. The van der Waals surface area contributed by atoms with Gasteiger partial charge in [-0.25, -0.2) is 10.4 Å². The zero-order valence-corrected chi connectivity index (χ0v) is 20.3. The predicted molar refractivity (Wildman–Crippen MR) is 129 cm³/mol. The van der Waals surface area contributed by atoms with Gasteiger partial charge in [0.1, 0.15) is 11.4 Å². The van der Waals surface area contributed by atoms with Crippen LogP contribution in [0.3, 0.4) is 0 Å². The minimum absolute atomic E-state index is 0.215. The molecule has 4 aromatic rings. The van der Waals surface area contributed by atoms with E-state index < -0.39 is 5.91 Å². The summed E-state index contributed by atoms with van der Waals surface area (Å²) in [4.78, 5) is 16.9. The van der Waals surface area contributed by atoms with E-state index >= 15 is 0 Å². The minimum atomic E-state index is -0.400. The molecule has 0 spiro atoms. The van der Waals surface area contributed by atoms with Crippen molar-refractivity contribution in [3.8, 4) is 5.82 Å². The molecule has 1 amide bonds. The Kier molecular flexibility index (Phi) is 5.79. The van der Waals surface area contributed by atoms with Gasteiger partial charge in [-0.1, -0.05) is 15.9 Å². The van der Waals surface area contributed by atoms with Crippen molar-refractivity contribution in [1.29, 1.82) is 0 Å². The number of pyridine rings is 1. The van der Waals surface area contributed by atoms with Gasteiger partial charge >= 0.3 is 5.91 Å². The standard InChI is InChI=1S/C22H18BrIN4O2/c1-12-4-5-25-20(6-12)28-13(2)7-16(14(28)3)11-26-27-22(29)19-9-15-8-17(23)10-18(24)21(15)30-19/h4-11H,1-3H3,(H,27,29)/b26-11-. The van der Waals surface area contributed by atoms with Crippen molar-refractivity contribution in [1.82, 2.24) is 15.0 Å². The van der Waals surface area contributed by atoms with Crippen LogP contribution in [0, 0.1) is 24.3 Å². The van der Waals surface area contributed by atoms with Crippen LogP contribution >= 0.6 is 38.5 Å². The van der Waals surface area contributed by atoms with Crippen molar-refractivity contribution >= 4 is 61.6 Å². The number of nitrogens with zero attached hydrogens (tertiary/aromatic N) is 3. The SMILES string of the molecule is Cc1ccnc(-n2c(C)cc(/C=N\NC(=O)c3cc4cc(Br)cc(I)c4o3)c2C)c1. The van der Waals surface area contributed by atoms with E-state index in [0.717, 1.165) is 41.8 Å². The lowest BCUT2D eigenvalue weighted by molar-refractivity contribution is 0.0929. The average Bonchev–Trinajstić information content (AvgIpc) is 3.23. The molecule has 1 aromatic carbocycles. The first-order chi connectivity index (χ1) is 14.3. The smallest absolute Gasteiger partial charge is 0.307 e. The molecule has 0 unspecified atom stereocenters. The largest absolute Gasteiger partial charge is 0.450 e. The van der Waals surface area contributed by atoms with E-state index in [0.29, 0.717) is 5.58 Å². The Morgan fingerprint density at radius 3 is 2.80 bits per heavy atom. The molecule has 0 aliphatic heterocycles. The number of aromatic nitrogens is 2. The highest BCUT2D eigenvalue weighted by Gasteiger charge is 2.15. The van der Waals surface area contributed by atoms with E-state index in [1.807, 2.05) is 51.1 Å². The van der Waals surface area contributed by atoms with E-state index in [1.165, 1.54) is 0 Å². The number of halogens is 2. The number of fused-ring (bicyclic) bond motifs is 1. The van der Waals surface area contributed by atoms with Gasteiger partial charge in [-0.2, -0.15) is 5.10 Å². The average molecular weight is 577 g/mol. The zero-order chi connectivity index (χ0) is 21.4. The molecule has 8 heteroatoms. The van der Waals surface area contributed by atoms with Gasteiger partial charge in [-0.05, 0) is 85.3 Å². The van der Waals surface area contributed by atoms with Crippen LogP contribution in [0.25, 0.3) is 16.8 Å². The lowest BCUT2D eigenvalue weighted by Crippen LogP contribution is -2.16. The van der Waals surface area contributed by atoms with Crippen molar-refractivity contribution in [2.45, 2.75) is 20.8 Å². The lowest BCUT2D eigenvalue weighted by atomic mass is 10.2. The van der Waals surface area contributed by atoms with Crippen LogP contribution in [-0.2, 0) is 0 Å². The zero-order valence-electron chi connectivity index (χ0n) is 16.5. The lowest BCUT2D eigenvalue weighted by Gasteiger charge is -2.08. The van der Waals surface area contributed by atoms with E-state index in [-0.39, 0.29) is 5.76 Å². The number of furan rings is 1. The Labute approximate surface area is 195 Å². The number of hydrogen-bond acceptors (Lipinski definition) is 4. The molecule has 30 heavy (non-hydrogen) atoms. The first-order valence-corrected chi connectivity index (χ1v) is 11.0. The number of hydrazone groups is 1. The number of carbonyl (C=O) groups is 1. The van der Waals surface area contributed by atoms with Gasteiger partial charge < -0.3 is 8.98 Å². The van der Waals surface area contributed by atoms with Crippen LogP contribution in [-0.4, -0.2) is 21.7 Å². The maximum Gasteiger partial charge on any atom is 0.307 e. The van der Waals surface area contributed by atoms with Gasteiger partial charge in [-0.3, -0.25) is 4.79 Å². The Morgan fingerprint density at radius 2 is 2.03 bits per heavy atom. The van der Waals surface area contributed by atoms with Crippen LogP contribution in [0.1, 0.15) is 33.1 Å². The molecule has 0 aliphatic rings. The molecule has 3 aromatic heterocycles. The minimum Gasteiger partial charge on any atom is -0.450 e. The van der Waals surface area contributed by atoms with Gasteiger partial charge in [0.05, 0.1) is 9.78 Å². The molecule has 4 rings (SSSR count). The third kappa shape index (κ3) is 4.06. The Balaban J connectivity index is 1.54. The van der Waals surface area contributed by atoms with Gasteiger partial charge in [0.2, 0.25) is 0 Å². The Hall–Kier alpha value is -2.46. The molecule has 3 heterocycles. The number of hydrogen-bond donors (Lipinski definition) is 1. The third-order valence-electron chi connectivity index (χ3n) is 4.73. The molecule has 1 N–H and O–H groups in total. The van der Waals surface area contributed by atoms with Crippen molar-refractivity contribution in [3.05, 3.63) is 78.9 Å². The highest BCUT2D eigenvalue weighted by molar-refractivity contribution is 14.1. The highest BCUT2D eigenvalue weighted by Crippen LogP contribution is 2.28. The summed E-state index contributed by atoms with van der Waals surface area (Å²) >= 11 is 5.64. The van der Waals surface area contributed by atoms with Crippen molar-refractivity contribution in [2.75, 3.05) is 0 Å². The number of aryl methyl sites for hydroxylation is 2. The van der Waals surface area contributed by atoms with Crippen molar-refractivity contribution in [3.63, 3.8) is 0 Å². The van der Waals surface area contributed by atoms with E-state index in [2.05, 4.69) is 58.6 Å². The third-order valence-corrected chi connectivity index (χ3v) is 5.99. The van der Waals surface area contributed by atoms with Gasteiger partial charge in [0.25, 0.3) is 0 Å². The van der Waals surface area contributed by atoms with Crippen LogP contribution < -0.4 is 5.43 Å². The normalized spacial score (nSPS) is 11.5. The summed E-state index contributed by atoms with van der Waals surface area (Å²) in [5.41, 5.74) is 7.30. The monoisotopic (exact) mass is 576 g/mol. The maximum atomic E-state index is 12.5. The second kappa shape index (κ2) is 8.35. The van der Waals surface area contributed by atoms with E-state index in [4.69, 9.17) is 4.42 Å². The fraction of sp³-hybridized carbons (Fsp3) is 0.136. The van der Waals surface area contributed by atoms with Crippen LogP contribution in [0.5, 0.6) is 0 Å². The summed E-state index contributed by atoms with van der Waals surface area (Å²) in [5, 5.41) is 4.98. The fourth-order valence-electron chi connectivity index (χ4n) is 3.32. The molecule has 0 saturated heterocycles. The summed E-state index contributed by atoms with van der Waals surface area (Å²) in [7, 11) is 0. The van der Waals surface area contributed by atoms with E-state index in [9.17, 15) is 4.79 Å². The quantitative estimate of drug-likeness (QED) is 0.193. The second-order valence-electron chi connectivity index (χ2n) is 6.97. The number of rotatable bonds is 4. The highest BCUT2D eigenvalue weighted by atomic mass is 127. The number of carbonyl (C=O) groups excluding carboxylic acids is 1. The topological polar surface area (TPSA) is 72.4 Å². The van der Waals surface area contributed by atoms with Crippen molar-refractivity contribution < 1.29 is 9.21 Å². The Bertz CT molecular complexity index is 1310. The van der Waals surface area contributed by atoms with Gasteiger partial charge in [0, 0.05) is 33.0 Å². The Morgan fingerprint density at radius 1 is 1.23 bits per heavy atom. The summed E-state index contributed by atoms with van der Waals surface area (Å²) in [6.45, 7) is 6.05. The molecule has 0 bridgehead atoms. The second-order valence-corrected chi connectivity index (χ2v) is 9.05. The van der Waals surface area contributed by atoms with Crippen LogP contribution in [0.15, 0.2) is 56.6 Å². The number of benzene rings is 1. The predicted octanol–water partition coefficient (Wildman–Crippen LogP) is 5.67. The summed E-state index contributed by atoms with van der Waals surface area (Å²) in [6, 6.07) is 11.6. The van der Waals surface area contributed by atoms with Crippen LogP contribution in [0.4, 0.5) is 0 Å². The fourth-order valence-corrected chi connectivity index (χ4v) is 4.98. The first-order valence-electron chi connectivity index (χ1n) is 9.17. The molecule has 6 nitrogen and oxygen atoms in total. The van der Waals surface area contributed by atoms with Crippen LogP contribution in [0.2, 0.25) is 0 Å². The molecular weight excluding hydrogens is 559 g/mol. The molecule has 0 radical (unpaired) electrons. The van der Waals surface area contributed by atoms with Gasteiger partial charge in [0.15, 0.2) is 5.76 Å². The summed E-state index contributed by atoms with van der Waals surface area (Å²) in [6.07, 6.45) is 3.43. The first kappa shape index (κ1) is 20.8.